The minimum Gasteiger partial charge on any atom is -0.466 e. The number of fused-ring (bicyclic) bond motifs is 1. The van der Waals surface area contributed by atoms with E-state index in [1.54, 1.807) is 6.07 Å². The number of allylic oxidation sites excluding steroid dienone is 2. The van der Waals surface area contributed by atoms with Gasteiger partial charge in [-0.25, -0.2) is 19.2 Å². The van der Waals surface area contributed by atoms with Gasteiger partial charge in [0.1, 0.15) is 5.82 Å². The summed E-state index contributed by atoms with van der Waals surface area (Å²) in [5.41, 5.74) is 2.65. The summed E-state index contributed by atoms with van der Waals surface area (Å²) in [6.07, 6.45) is 4.24. The molecule has 1 unspecified atom stereocenters. The van der Waals surface area contributed by atoms with Crippen LogP contribution in [0.25, 0.3) is 0 Å². The van der Waals surface area contributed by atoms with E-state index in [0.717, 1.165) is 5.70 Å². The molecule has 0 N–H and O–H groups in total. The van der Waals surface area contributed by atoms with Crippen LogP contribution in [0.4, 0.5) is 4.39 Å². The molecule has 7 heteroatoms. The van der Waals surface area contributed by atoms with Gasteiger partial charge in [-0.15, -0.1) is 0 Å². The van der Waals surface area contributed by atoms with Crippen molar-refractivity contribution in [2.24, 2.45) is 10.9 Å². The zero-order valence-corrected chi connectivity index (χ0v) is 16.1. The van der Waals surface area contributed by atoms with E-state index in [-0.39, 0.29) is 11.6 Å². The molecule has 1 fully saturated rings. The molecule has 0 radical (unpaired) electrons. The molecule has 144 valence electrons. The number of esters is 1. The van der Waals surface area contributed by atoms with Gasteiger partial charge in [-0.2, -0.15) is 5.26 Å². The molecule has 0 aromatic heterocycles. The molecule has 4 rings (SSSR count). The van der Waals surface area contributed by atoms with Crippen molar-refractivity contribution in [3.8, 4) is 6.07 Å². The van der Waals surface area contributed by atoms with Crippen LogP contribution < -0.4 is 0 Å². The van der Waals surface area contributed by atoms with Crippen LogP contribution in [0, 0.1) is 23.1 Å². The molecule has 0 saturated heterocycles. The third kappa shape index (κ3) is 3.00. The minimum atomic E-state index is -0.473. The number of benzene rings is 1. The predicted octanol–water partition coefficient (Wildman–Crippen LogP) is 3.12. The fourth-order valence-electron chi connectivity index (χ4n) is 3.84. The van der Waals surface area contributed by atoms with E-state index in [1.165, 1.54) is 32.1 Å². The number of aliphatic imine (C=N–C) groups is 1. The van der Waals surface area contributed by atoms with E-state index in [2.05, 4.69) is 11.9 Å². The molecular formula is C21H21FN4O2. The smallest absolute Gasteiger partial charge is 0.338 e. The minimum absolute atomic E-state index is 0.206. The number of ether oxygens (including phenoxy) is 1. The van der Waals surface area contributed by atoms with E-state index in [4.69, 9.17) is 9.73 Å². The third-order valence-corrected chi connectivity index (χ3v) is 5.54. The van der Waals surface area contributed by atoms with Crippen LogP contribution in [-0.4, -0.2) is 41.4 Å². The summed E-state index contributed by atoms with van der Waals surface area (Å²) in [5, 5.41) is 13.5. The molecule has 1 aliphatic carbocycles. The van der Waals surface area contributed by atoms with E-state index in [0.29, 0.717) is 35.1 Å². The van der Waals surface area contributed by atoms with E-state index in [9.17, 15) is 14.4 Å². The Kier molecular flexibility index (Phi) is 4.52. The van der Waals surface area contributed by atoms with Gasteiger partial charge in [0.05, 0.1) is 36.6 Å². The third-order valence-electron chi connectivity index (χ3n) is 5.54. The van der Waals surface area contributed by atoms with Crippen LogP contribution in [0.1, 0.15) is 37.8 Å². The zero-order chi connectivity index (χ0) is 20.0. The van der Waals surface area contributed by atoms with Gasteiger partial charge in [0.2, 0.25) is 0 Å². The molecule has 0 bridgehead atoms. The quantitative estimate of drug-likeness (QED) is 0.751. The highest BCUT2D eigenvalue weighted by Crippen LogP contribution is 2.41. The van der Waals surface area contributed by atoms with E-state index >= 15 is 0 Å². The molecule has 2 aliphatic heterocycles. The number of methoxy groups -OCH3 is 1. The molecule has 6 nitrogen and oxygen atoms in total. The highest BCUT2D eigenvalue weighted by Gasteiger charge is 2.43. The van der Waals surface area contributed by atoms with Crippen molar-refractivity contribution in [2.45, 2.75) is 32.7 Å². The summed E-state index contributed by atoms with van der Waals surface area (Å²) in [7, 11) is 1.36. The summed E-state index contributed by atoms with van der Waals surface area (Å²) >= 11 is 0. The maximum Gasteiger partial charge on any atom is 0.338 e. The molecule has 2 heterocycles. The second-order valence-electron chi connectivity index (χ2n) is 7.37. The van der Waals surface area contributed by atoms with Gasteiger partial charge in [-0.1, -0.05) is 0 Å². The predicted molar refractivity (Wildman–Crippen MR) is 101 cm³/mol. The highest BCUT2D eigenvalue weighted by molar-refractivity contribution is 6.12. The fourth-order valence-corrected chi connectivity index (χ4v) is 3.84. The summed E-state index contributed by atoms with van der Waals surface area (Å²) < 4.78 is 18.5. The van der Waals surface area contributed by atoms with Gasteiger partial charge >= 0.3 is 5.97 Å². The Bertz CT molecular complexity index is 985. The molecule has 1 aromatic carbocycles. The molecule has 0 spiro atoms. The first-order valence-corrected chi connectivity index (χ1v) is 9.29. The van der Waals surface area contributed by atoms with Gasteiger partial charge in [0.15, 0.2) is 5.82 Å². The zero-order valence-electron chi connectivity index (χ0n) is 16.1. The van der Waals surface area contributed by atoms with Crippen molar-refractivity contribution in [3.63, 3.8) is 0 Å². The monoisotopic (exact) mass is 380 g/mol. The topological polar surface area (TPSA) is 68.9 Å². The van der Waals surface area contributed by atoms with Crippen LogP contribution in [0.3, 0.4) is 0 Å². The standard InChI is InChI=1S/C21H21FN4O2/c1-12-8-19(17-7-6-16(22)9-15(17)10-23)24-20-18(21(27)28-3)11-25(26(12)20)13(2)14-4-5-14/h6-9,13-14H,4-5,11H2,1-3H3. The number of hydrogen-bond acceptors (Lipinski definition) is 6. The second-order valence-corrected chi connectivity index (χ2v) is 7.37. The van der Waals surface area contributed by atoms with Crippen LogP contribution in [0.2, 0.25) is 0 Å². The number of carbonyl (C=O) groups excluding carboxylic acids is 1. The van der Waals surface area contributed by atoms with Gasteiger partial charge in [0.25, 0.3) is 0 Å². The maximum absolute atomic E-state index is 13.5. The first-order valence-electron chi connectivity index (χ1n) is 9.29. The molecule has 0 amide bonds. The Hall–Kier alpha value is -2.98. The first-order chi connectivity index (χ1) is 13.4. The fraction of sp³-hybridized carbons (Fsp3) is 0.381. The lowest BCUT2D eigenvalue weighted by atomic mass is 10.0. The normalized spacial score (nSPS) is 20.3. The van der Waals surface area contributed by atoms with Crippen LogP contribution in [0.5, 0.6) is 0 Å². The lowest BCUT2D eigenvalue weighted by molar-refractivity contribution is -0.136. The first kappa shape index (κ1) is 18.4. The van der Waals surface area contributed by atoms with Crippen LogP contribution in [-0.2, 0) is 9.53 Å². The summed E-state index contributed by atoms with van der Waals surface area (Å²) in [4.78, 5) is 17.1. The Labute approximate surface area is 163 Å². The number of nitriles is 1. The van der Waals surface area contributed by atoms with Gasteiger partial charge in [-0.05, 0) is 56.9 Å². The Balaban J connectivity index is 1.80. The van der Waals surface area contributed by atoms with Gasteiger partial charge < -0.3 is 4.74 Å². The Morgan fingerprint density at radius 2 is 2.18 bits per heavy atom. The Morgan fingerprint density at radius 1 is 1.43 bits per heavy atom. The molecule has 28 heavy (non-hydrogen) atoms. The van der Waals surface area contributed by atoms with Crippen molar-refractivity contribution >= 4 is 11.7 Å². The Morgan fingerprint density at radius 3 is 2.82 bits per heavy atom. The van der Waals surface area contributed by atoms with E-state index in [1.807, 2.05) is 24.1 Å². The van der Waals surface area contributed by atoms with Crippen molar-refractivity contribution in [1.29, 1.82) is 5.26 Å². The molecule has 1 aromatic rings. The average Bonchev–Trinajstić information content (AvgIpc) is 3.47. The van der Waals surface area contributed by atoms with Crippen LogP contribution in [0.15, 0.2) is 46.4 Å². The molecule has 1 atom stereocenters. The van der Waals surface area contributed by atoms with Crippen molar-refractivity contribution in [2.75, 3.05) is 13.7 Å². The van der Waals surface area contributed by atoms with Crippen LogP contribution >= 0.6 is 0 Å². The summed E-state index contributed by atoms with van der Waals surface area (Å²) in [5.74, 6) is 0.239. The second kappa shape index (κ2) is 6.88. The number of nitrogens with zero attached hydrogens (tertiary/aromatic N) is 4. The van der Waals surface area contributed by atoms with Crippen molar-refractivity contribution in [3.05, 3.63) is 58.3 Å². The molecule has 3 aliphatic rings. The van der Waals surface area contributed by atoms with Crippen molar-refractivity contribution < 1.29 is 13.9 Å². The van der Waals surface area contributed by atoms with E-state index < -0.39 is 11.8 Å². The molecular weight excluding hydrogens is 359 g/mol. The summed E-state index contributed by atoms with van der Waals surface area (Å²) in [6.45, 7) is 4.53. The van der Waals surface area contributed by atoms with Gasteiger partial charge in [-0.3, -0.25) is 5.01 Å². The summed E-state index contributed by atoms with van der Waals surface area (Å²) in [6, 6.07) is 6.34. The number of rotatable bonds is 4. The number of halogens is 1. The maximum atomic E-state index is 13.5. The lowest BCUT2D eigenvalue weighted by Crippen LogP contribution is -2.44. The average molecular weight is 380 g/mol. The number of hydrogen-bond donors (Lipinski definition) is 0. The molecule has 1 saturated carbocycles. The SMILES string of the molecule is COC(=O)C1=C2N=C(c3ccc(F)cc3C#N)C=C(C)N2N(C(C)C2CC2)C1. The number of hydrazine groups is 1. The van der Waals surface area contributed by atoms with Crippen molar-refractivity contribution in [1.82, 2.24) is 10.0 Å². The largest absolute Gasteiger partial charge is 0.466 e. The lowest BCUT2D eigenvalue weighted by Gasteiger charge is -2.37. The van der Waals surface area contributed by atoms with Gasteiger partial charge in [0, 0.05) is 17.3 Å². The number of carbonyl (C=O) groups is 1. The highest BCUT2D eigenvalue weighted by atomic mass is 19.1.